The summed E-state index contributed by atoms with van der Waals surface area (Å²) >= 11 is 0. The largest absolute Gasteiger partial charge is 0.505 e. The minimum absolute atomic E-state index is 0.0496. The van der Waals surface area contributed by atoms with Crippen LogP contribution >= 0.6 is 7.52 Å². The highest BCUT2D eigenvalue weighted by molar-refractivity contribution is 7.92. The highest BCUT2D eigenvalue weighted by Crippen LogP contribution is 2.52. The predicted molar refractivity (Wildman–Crippen MR) is 147 cm³/mol. The summed E-state index contributed by atoms with van der Waals surface area (Å²) in [5.74, 6) is -0.261. The zero-order valence-corrected chi connectivity index (χ0v) is 24.0. The molecule has 1 unspecified atom stereocenters. The van der Waals surface area contributed by atoms with Crippen molar-refractivity contribution in [1.29, 1.82) is 0 Å². The van der Waals surface area contributed by atoms with Gasteiger partial charge in [0.2, 0.25) is 10.0 Å². The number of anilines is 2. The van der Waals surface area contributed by atoms with Crippen LogP contribution in [0, 0.1) is 11.3 Å². The number of fused-ring (bicyclic) bond motifs is 1. The first-order valence-electron chi connectivity index (χ1n) is 12.1. The lowest BCUT2D eigenvalue weighted by Gasteiger charge is -2.26. The van der Waals surface area contributed by atoms with E-state index in [0.717, 1.165) is 6.26 Å². The van der Waals surface area contributed by atoms with Gasteiger partial charge in [0.15, 0.2) is 11.6 Å². The Bertz CT molecular complexity index is 1430. The van der Waals surface area contributed by atoms with E-state index in [-0.39, 0.29) is 46.1 Å². The maximum atomic E-state index is 14.0. The number of hydrogen-bond donors (Lipinski definition) is 3. The Morgan fingerprint density at radius 3 is 2.51 bits per heavy atom. The maximum Gasteiger partial charge on any atom is 0.348 e. The highest BCUT2D eigenvalue weighted by atomic mass is 32.2. The van der Waals surface area contributed by atoms with E-state index >= 15 is 0 Å². The lowest BCUT2D eigenvalue weighted by atomic mass is 9.92. The molecular weight excluding hydrogens is 517 g/mol. The van der Waals surface area contributed by atoms with Gasteiger partial charge >= 0.3 is 7.52 Å². The van der Waals surface area contributed by atoms with E-state index < -0.39 is 23.1 Å². The number of benzene rings is 1. The first-order chi connectivity index (χ1) is 17.0. The lowest BCUT2D eigenvalue weighted by Crippen LogP contribution is -2.36. The van der Waals surface area contributed by atoms with E-state index in [2.05, 4.69) is 40.7 Å². The van der Waals surface area contributed by atoms with Crippen molar-refractivity contribution in [2.24, 2.45) is 16.1 Å². The van der Waals surface area contributed by atoms with E-state index in [9.17, 15) is 22.9 Å². The van der Waals surface area contributed by atoms with Crippen LogP contribution in [0.4, 0.5) is 11.4 Å². The van der Waals surface area contributed by atoms with Crippen LogP contribution in [0.3, 0.4) is 0 Å². The second-order valence-corrected chi connectivity index (χ2v) is 14.5. The van der Waals surface area contributed by atoms with Gasteiger partial charge in [-0.15, -0.1) is 0 Å². The van der Waals surface area contributed by atoms with Gasteiger partial charge in [0, 0.05) is 12.2 Å². The molecule has 13 heteroatoms. The number of aromatic nitrogens is 2. The minimum Gasteiger partial charge on any atom is -0.505 e. The van der Waals surface area contributed by atoms with Gasteiger partial charge < -0.3 is 14.9 Å². The van der Waals surface area contributed by atoms with Gasteiger partial charge in [-0.3, -0.25) is 14.1 Å². The fraction of sp³-hybridized carbons (Fsp3) is 0.542. The van der Waals surface area contributed by atoms with Crippen molar-refractivity contribution >= 4 is 40.1 Å². The summed E-state index contributed by atoms with van der Waals surface area (Å²) in [5, 5.41) is 18.7. The Labute approximate surface area is 217 Å². The van der Waals surface area contributed by atoms with Crippen molar-refractivity contribution < 1.29 is 22.6 Å². The van der Waals surface area contributed by atoms with Crippen molar-refractivity contribution in [3.63, 3.8) is 0 Å². The molecule has 0 saturated carbocycles. The Balaban J connectivity index is 2.20. The molecule has 1 aromatic heterocycles. The Morgan fingerprint density at radius 1 is 1.27 bits per heavy atom. The van der Waals surface area contributed by atoms with Crippen LogP contribution in [0.15, 0.2) is 27.8 Å². The number of sulfonamides is 1. The molecule has 0 radical (unpaired) electrons. The van der Waals surface area contributed by atoms with E-state index in [1.54, 1.807) is 6.92 Å². The van der Waals surface area contributed by atoms with Crippen molar-refractivity contribution in [2.75, 3.05) is 22.9 Å². The quantitative estimate of drug-likeness (QED) is 0.398. The standard InChI is InChI=1S/C24H36N5O6PS/c1-8-35-36(32)19-14-16(28-37(7,33)34)9-10-17(19)25-22(27-36)20-21(30)18(13-15(2)3)26-29(23(20)31)12-11-24(4,5)6/h9-10,14-15,28,30H,8,11-13H2,1-7H3,(H,25,27,32). The van der Waals surface area contributed by atoms with Gasteiger partial charge in [-0.05, 0) is 49.3 Å². The van der Waals surface area contributed by atoms with Gasteiger partial charge in [0.05, 0.1) is 23.9 Å². The number of aryl methyl sites for hydroxylation is 1. The summed E-state index contributed by atoms with van der Waals surface area (Å²) in [6, 6.07) is 4.40. The Hall–Kier alpha value is -2.69. The van der Waals surface area contributed by atoms with Gasteiger partial charge in [-0.2, -0.15) is 9.86 Å². The third kappa shape index (κ3) is 7.00. The SMILES string of the molecule is CCOP1(=O)N=C(c2c(O)c(CC(C)C)nn(CCC(C)(C)C)c2=O)Nc2ccc(NS(C)(=O)=O)cc21. The van der Waals surface area contributed by atoms with Gasteiger partial charge in [-0.1, -0.05) is 34.6 Å². The van der Waals surface area contributed by atoms with Crippen molar-refractivity contribution in [1.82, 2.24) is 9.78 Å². The molecule has 0 bridgehead atoms. The molecule has 1 aliphatic heterocycles. The lowest BCUT2D eigenvalue weighted by molar-refractivity contribution is 0.332. The van der Waals surface area contributed by atoms with Crippen molar-refractivity contribution in [2.45, 2.75) is 60.9 Å². The first kappa shape index (κ1) is 28.9. The van der Waals surface area contributed by atoms with Gasteiger partial charge in [0.1, 0.15) is 11.3 Å². The van der Waals surface area contributed by atoms with Gasteiger partial charge in [-0.25, -0.2) is 13.1 Å². The van der Waals surface area contributed by atoms with Crippen LogP contribution in [0.1, 0.15) is 59.2 Å². The first-order valence-corrected chi connectivity index (χ1v) is 15.6. The van der Waals surface area contributed by atoms with Crippen molar-refractivity contribution in [3.8, 4) is 5.75 Å². The van der Waals surface area contributed by atoms with Crippen LogP contribution in [-0.2, 0) is 32.1 Å². The van der Waals surface area contributed by atoms with E-state index in [0.29, 0.717) is 30.8 Å². The van der Waals surface area contributed by atoms with Crippen LogP contribution in [0.25, 0.3) is 0 Å². The molecule has 0 fully saturated rings. The summed E-state index contributed by atoms with van der Waals surface area (Å²) in [5.41, 5.74) is 0.0955. The summed E-state index contributed by atoms with van der Waals surface area (Å²) in [6.45, 7) is 12.2. The fourth-order valence-electron chi connectivity index (χ4n) is 3.82. The third-order valence-corrected chi connectivity index (χ3v) is 8.16. The van der Waals surface area contributed by atoms with Crippen LogP contribution in [0.2, 0.25) is 0 Å². The smallest absolute Gasteiger partial charge is 0.348 e. The van der Waals surface area contributed by atoms with Crippen LogP contribution in [-0.4, -0.2) is 42.0 Å². The molecular formula is C24H36N5O6PS. The second-order valence-electron chi connectivity index (χ2n) is 10.7. The second kappa shape index (κ2) is 10.6. The summed E-state index contributed by atoms with van der Waals surface area (Å²) in [6.07, 6.45) is 2.10. The van der Waals surface area contributed by atoms with E-state index in [4.69, 9.17) is 4.52 Å². The third-order valence-electron chi connectivity index (χ3n) is 5.51. The molecule has 0 saturated heterocycles. The normalized spacial score (nSPS) is 17.8. The number of rotatable bonds is 9. The highest BCUT2D eigenvalue weighted by Gasteiger charge is 2.36. The van der Waals surface area contributed by atoms with Crippen LogP contribution in [0.5, 0.6) is 5.75 Å². The number of hydrogen-bond acceptors (Lipinski definition) is 8. The maximum absolute atomic E-state index is 14.0. The number of nitrogens with zero attached hydrogens (tertiary/aromatic N) is 3. The molecule has 0 amide bonds. The zero-order valence-electron chi connectivity index (χ0n) is 22.3. The van der Waals surface area contributed by atoms with Crippen LogP contribution < -0.4 is 20.9 Å². The molecule has 37 heavy (non-hydrogen) atoms. The average molecular weight is 554 g/mol. The summed E-state index contributed by atoms with van der Waals surface area (Å²) in [7, 11) is -7.52. The Kier molecular flexibility index (Phi) is 8.26. The molecule has 1 aromatic carbocycles. The summed E-state index contributed by atoms with van der Waals surface area (Å²) in [4.78, 5) is 13.5. The molecule has 2 aromatic rings. The molecule has 11 nitrogen and oxygen atoms in total. The predicted octanol–water partition coefficient (Wildman–Crippen LogP) is 3.68. The van der Waals surface area contributed by atoms with Gasteiger partial charge in [0.25, 0.3) is 5.56 Å². The average Bonchev–Trinajstić information content (AvgIpc) is 2.73. The molecule has 0 spiro atoms. The number of nitrogens with one attached hydrogen (secondary N) is 2. The molecule has 3 N–H and O–H groups in total. The molecule has 204 valence electrons. The van der Waals surface area contributed by atoms with Crippen molar-refractivity contribution in [3.05, 3.63) is 39.8 Å². The molecule has 2 heterocycles. The molecule has 3 rings (SSSR count). The molecule has 0 aliphatic carbocycles. The number of aromatic hydroxyl groups is 1. The summed E-state index contributed by atoms with van der Waals surface area (Å²) < 4.78 is 50.9. The number of amidine groups is 1. The fourth-order valence-corrected chi connectivity index (χ4v) is 6.18. The molecule has 1 aliphatic rings. The molecule has 1 atom stereocenters. The van der Waals surface area contributed by atoms with E-state index in [1.807, 2.05) is 13.8 Å². The zero-order chi connectivity index (χ0) is 27.8. The minimum atomic E-state index is -3.95. The topological polar surface area (TPSA) is 152 Å². The van der Waals surface area contributed by atoms with E-state index in [1.165, 1.54) is 22.9 Å². The Morgan fingerprint density at radius 2 is 1.95 bits per heavy atom. The monoisotopic (exact) mass is 553 g/mol.